The van der Waals surface area contributed by atoms with Crippen LogP contribution in [0, 0.1) is 17.8 Å². The van der Waals surface area contributed by atoms with Gasteiger partial charge in [0.25, 0.3) is 0 Å². The van der Waals surface area contributed by atoms with Crippen molar-refractivity contribution in [2.24, 2.45) is 29.2 Å². The summed E-state index contributed by atoms with van der Waals surface area (Å²) in [6, 6.07) is -0.942. The number of primary amides is 1. The summed E-state index contributed by atoms with van der Waals surface area (Å²) in [7, 11) is 0. The van der Waals surface area contributed by atoms with Crippen LogP contribution >= 0.6 is 0 Å². The number of hydrogen-bond donors (Lipinski definition) is 2. The molecule has 1 saturated carbocycles. The fourth-order valence-electron chi connectivity index (χ4n) is 2.79. The highest BCUT2D eigenvalue weighted by Gasteiger charge is 2.34. The van der Waals surface area contributed by atoms with Gasteiger partial charge in [-0.1, -0.05) is 27.2 Å². The Kier molecular flexibility index (Phi) is 5.79. The molecule has 0 radical (unpaired) electrons. The number of nitrogens with two attached hydrogens (primary N) is 2. The van der Waals surface area contributed by atoms with Crippen LogP contribution in [0.15, 0.2) is 0 Å². The first-order chi connectivity index (χ1) is 8.81. The predicted octanol–water partition coefficient (Wildman–Crippen LogP) is 1.19. The zero-order valence-corrected chi connectivity index (χ0v) is 12.1. The highest BCUT2D eigenvalue weighted by molar-refractivity contribution is 5.84. The summed E-state index contributed by atoms with van der Waals surface area (Å²) in [5.74, 6) is 0.309. The van der Waals surface area contributed by atoms with E-state index in [1.165, 1.54) is 6.42 Å². The Balaban J connectivity index is 2.60. The second kappa shape index (κ2) is 6.89. The van der Waals surface area contributed by atoms with Gasteiger partial charge in [0.2, 0.25) is 5.91 Å². The normalized spacial score (nSPS) is 29.0. The van der Waals surface area contributed by atoms with E-state index in [-0.39, 0.29) is 12.5 Å². The van der Waals surface area contributed by atoms with Crippen molar-refractivity contribution in [3.05, 3.63) is 0 Å². The molecule has 0 bridgehead atoms. The zero-order chi connectivity index (χ0) is 14.6. The number of ether oxygens (including phenoxy) is 1. The Labute approximate surface area is 115 Å². The van der Waals surface area contributed by atoms with E-state index in [4.69, 9.17) is 16.2 Å². The minimum absolute atomic E-state index is 0.0878. The highest BCUT2D eigenvalue weighted by Crippen LogP contribution is 2.35. The average Bonchev–Trinajstić information content (AvgIpc) is 2.27. The van der Waals surface area contributed by atoms with Gasteiger partial charge in [-0.3, -0.25) is 9.59 Å². The Bertz CT molecular complexity index is 331. The summed E-state index contributed by atoms with van der Waals surface area (Å²) in [5, 5.41) is 0. The first kappa shape index (κ1) is 16.0. The molecule has 4 atom stereocenters. The molecule has 0 aromatic heterocycles. The largest absolute Gasteiger partial charge is 0.461 e. The van der Waals surface area contributed by atoms with E-state index in [9.17, 15) is 9.59 Å². The van der Waals surface area contributed by atoms with E-state index in [0.717, 1.165) is 12.8 Å². The summed E-state index contributed by atoms with van der Waals surface area (Å²) >= 11 is 0. The second-order valence-electron chi connectivity index (χ2n) is 6.08. The van der Waals surface area contributed by atoms with Crippen LogP contribution in [0.1, 0.15) is 46.5 Å². The van der Waals surface area contributed by atoms with Crippen molar-refractivity contribution in [2.75, 3.05) is 0 Å². The standard InChI is InChI=1S/C14H26N2O3/c1-8(2)10-5-4-9(3)6-12(10)19-14(18)11(15)7-13(16)17/h8-12H,4-7,15H2,1-3H3,(H2,16,17). The molecule has 0 aromatic carbocycles. The van der Waals surface area contributed by atoms with E-state index >= 15 is 0 Å². The molecule has 5 heteroatoms. The molecule has 0 aromatic rings. The van der Waals surface area contributed by atoms with Gasteiger partial charge in [0.15, 0.2) is 0 Å². The van der Waals surface area contributed by atoms with Crippen molar-refractivity contribution in [1.82, 2.24) is 0 Å². The van der Waals surface area contributed by atoms with Crippen molar-refractivity contribution in [2.45, 2.75) is 58.6 Å². The van der Waals surface area contributed by atoms with Gasteiger partial charge in [-0.25, -0.2) is 0 Å². The third-order valence-corrected chi connectivity index (χ3v) is 3.95. The monoisotopic (exact) mass is 270 g/mol. The molecule has 0 spiro atoms. The van der Waals surface area contributed by atoms with E-state index in [1.807, 2.05) is 0 Å². The molecule has 5 nitrogen and oxygen atoms in total. The molecule has 4 unspecified atom stereocenters. The topological polar surface area (TPSA) is 95.4 Å². The fraction of sp³-hybridized carbons (Fsp3) is 0.857. The minimum atomic E-state index is -0.942. The number of hydrogen-bond acceptors (Lipinski definition) is 4. The van der Waals surface area contributed by atoms with Crippen molar-refractivity contribution in [1.29, 1.82) is 0 Å². The Morgan fingerprint density at radius 2 is 1.95 bits per heavy atom. The number of amides is 1. The lowest BCUT2D eigenvalue weighted by Crippen LogP contribution is -2.42. The molecule has 4 N–H and O–H groups in total. The molecule has 0 aliphatic heterocycles. The molecule has 1 fully saturated rings. The summed E-state index contributed by atoms with van der Waals surface area (Å²) in [4.78, 5) is 22.6. The summed E-state index contributed by atoms with van der Waals surface area (Å²) in [6.45, 7) is 6.45. The molecular formula is C14H26N2O3. The quantitative estimate of drug-likeness (QED) is 0.734. The van der Waals surface area contributed by atoms with Gasteiger partial charge in [0, 0.05) is 0 Å². The third-order valence-electron chi connectivity index (χ3n) is 3.95. The van der Waals surface area contributed by atoms with Crippen LogP contribution in [-0.4, -0.2) is 24.0 Å². The molecule has 1 rings (SSSR count). The SMILES string of the molecule is CC1CCC(C(C)C)C(OC(=O)C(N)CC(N)=O)C1. The second-order valence-corrected chi connectivity index (χ2v) is 6.08. The van der Waals surface area contributed by atoms with E-state index in [2.05, 4.69) is 20.8 Å². The summed E-state index contributed by atoms with van der Waals surface area (Å²) in [6.07, 6.45) is 2.87. The van der Waals surface area contributed by atoms with Crippen molar-refractivity contribution >= 4 is 11.9 Å². The van der Waals surface area contributed by atoms with Crippen LogP contribution in [0.3, 0.4) is 0 Å². The molecule has 1 aliphatic carbocycles. The molecular weight excluding hydrogens is 244 g/mol. The lowest BCUT2D eigenvalue weighted by atomic mass is 9.75. The van der Waals surface area contributed by atoms with Gasteiger partial charge in [0.1, 0.15) is 12.1 Å². The summed E-state index contributed by atoms with van der Waals surface area (Å²) in [5.41, 5.74) is 10.7. The molecule has 19 heavy (non-hydrogen) atoms. The fourth-order valence-corrected chi connectivity index (χ4v) is 2.79. The Hall–Kier alpha value is -1.10. The van der Waals surface area contributed by atoms with Crippen LogP contribution in [0.25, 0.3) is 0 Å². The lowest BCUT2D eigenvalue weighted by molar-refractivity contribution is -0.158. The average molecular weight is 270 g/mol. The van der Waals surface area contributed by atoms with Gasteiger partial charge in [-0.05, 0) is 30.6 Å². The Morgan fingerprint density at radius 1 is 1.32 bits per heavy atom. The molecule has 110 valence electrons. The highest BCUT2D eigenvalue weighted by atomic mass is 16.5. The van der Waals surface area contributed by atoms with E-state index < -0.39 is 17.9 Å². The first-order valence-corrected chi connectivity index (χ1v) is 7.05. The van der Waals surface area contributed by atoms with E-state index in [0.29, 0.717) is 17.8 Å². The van der Waals surface area contributed by atoms with Gasteiger partial charge in [-0.2, -0.15) is 0 Å². The summed E-state index contributed by atoms with van der Waals surface area (Å²) < 4.78 is 5.53. The van der Waals surface area contributed by atoms with Crippen LogP contribution in [-0.2, 0) is 14.3 Å². The van der Waals surface area contributed by atoms with E-state index in [1.54, 1.807) is 0 Å². The maximum Gasteiger partial charge on any atom is 0.323 e. The van der Waals surface area contributed by atoms with Crippen molar-refractivity contribution < 1.29 is 14.3 Å². The van der Waals surface area contributed by atoms with Gasteiger partial charge < -0.3 is 16.2 Å². The predicted molar refractivity (Wildman–Crippen MR) is 73.0 cm³/mol. The van der Waals surface area contributed by atoms with Crippen molar-refractivity contribution in [3.63, 3.8) is 0 Å². The van der Waals surface area contributed by atoms with Gasteiger partial charge in [0.05, 0.1) is 6.42 Å². The van der Waals surface area contributed by atoms with Crippen LogP contribution in [0.2, 0.25) is 0 Å². The van der Waals surface area contributed by atoms with Crippen LogP contribution in [0.4, 0.5) is 0 Å². The van der Waals surface area contributed by atoms with Crippen LogP contribution < -0.4 is 11.5 Å². The Morgan fingerprint density at radius 3 is 2.47 bits per heavy atom. The molecule has 1 aliphatic rings. The van der Waals surface area contributed by atoms with Gasteiger partial charge >= 0.3 is 5.97 Å². The third kappa shape index (κ3) is 4.82. The number of rotatable bonds is 5. The first-order valence-electron chi connectivity index (χ1n) is 7.05. The number of esters is 1. The molecule has 1 amide bonds. The number of carbonyl (C=O) groups excluding carboxylic acids is 2. The number of carbonyl (C=O) groups is 2. The smallest absolute Gasteiger partial charge is 0.323 e. The zero-order valence-electron chi connectivity index (χ0n) is 12.1. The minimum Gasteiger partial charge on any atom is -0.461 e. The lowest BCUT2D eigenvalue weighted by Gasteiger charge is -2.37. The molecule has 0 heterocycles. The van der Waals surface area contributed by atoms with Crippen molar-refractivity contribution in [3.8, 4) is 0 Å². The van der Waals surface area contributed by atoms with Gasteiger partial charge in [-0.15, -0.1) is 0 Å². The van der Waals surface area contributed by atoms with Crippen LogP contribution in [0.5, 0.6) is 0 Å². The maximum absolute atomic E-state index is 11.9. The molecule has 0 saturated heterocycles. The maximum atomic E-state index is 11.9.